The molecule has 3 aromatic rings. The van der Waals surface area contributed by atoms with Gasteiger partial charge in [-0.1, -0.05) is 29.8 Å². The summed E-state index contributed by atoms with van der Waals surface area (Å²) in [4.78, 5) is 2.26. The number of pyridine rings is 1. The third-order valence-corrected chi connectivity index (χ3v) is 4.25. The molecule has 2 aromatic heterocycles. The van der Waals surface area contributed by atoms with Crippen molar-refractivity contribution in [2.75, 3.05) is 7.05 Å². The first-order chi connectivity index (χ1) is 11.1. The number of aromatic nitrogens is 1. The van der Waals surface area contributed by atoms with Crippen LogP contribution in [0.1, 0.15) is 27.8 Å². The van der Waals surface area contributed by atoms with Crippen molar-refractivity contribution >= 4 is 5.52 Å². The van der Waals surface area contributed by atoms with E-state index in [1.54, 1.807) is 0 Å². The lowest BCUT2D eigenvalue weighted by atomic mass is 10.1. The molecule has 0 atom stereocenters. The maximum absolute atomic E-state index is 9.50. The van der Waals surface area contributed by atoms with Gasteiger partial charge in [0.25, 0.3) is 0 Å². The highest BCUT2D eigenvalue weighted by molar-refractivity contribution is 5.65. The smallest absolute Gasteiger partial charge is 0.102 e. The van der Waals surface area contributed by atoms with Gasteiger partial charge in [-0.05, 0) is 44.2 Å². The summed E-state index contributed by atoms with van der Waals surface area (Å²) in [6, 6.07) is 14.9. The molecular weight excluding hydrogens is 282 g/mol. The Morgan fingerprint density at radius 3 is 2.61 bits per heavy atom. The van der Waals surface area contributed by atoms with Gasteiger partial charge in [0.05, 0.1) is 11.1 Å². The molecule has 0 fully saturated rings. The van der Waals surface area contributed by atoms with Crippen LogP contribution in [0.3, 0.4) is 0 Å². The van der Waals surface area contributed by atoms with Crippen LogP contribution in [-0.2, 0) is 13.1 Å². The second-order valence-corrected chi connectivity index (χ2v) is 6.24. The average Bonchev–Trinajstić information content (AvgIpc) is 2.87. The van der Waals surface area contributed by atoms with Gasteiger partial charge < -0.3 is 4.40 Å². The van der Waals surface area contributed by atoms with Crippen molar-refractivity contribution in [3.8, 4) is 6.07 Å². The summed E-state index contributed by atoms with van der Waals surface area (Å²) >= 11 is 0. The molecule has 0 aliphatic carbocycles. The number of hydrogen-bond donors (Lipinski definition) is 0. The van der Waals surface area contributed by atoms with E-state index in [4.69, 9.17) is 0 Å². The summed E-state index contributed by atoms with van der Waals surface area (Å²) in [6.45, 7) is 5.91. The second-order valence-electron chi connectivity index (χ2n) is 6.24. The number of benzene rings is 1. The normalized spacial score (nSPS) is 11.1. The number of aryl methyl sites for hydroxylation is 2. The third-order valence-electron chi connectivity index (χ3n) is 4.25. The van der Waals surface area contributed by atoms with Gasteiger partial charge in [-0.25, -0.2) is 0 Å². The van der Waals surface area contributed by atoms with E-state index in [1.165, 1.54) is 16.7 Å². The van der Waals surface area contributed by atoms with Crippen molar-refractivity contribution in [2.24, 2.45) is 0 Å². The Balaban J connectivity index is 1.83. The molecular formula is C20H21N3. The van der Waals surface area contributed by atoms with E-state index in [-0.39, 0.29) is 0 Å². The van der Waals surface area contributed by atoms with Crippen molar-refractivity contribution in [3.63, 3.8) is 0 Å². The maximum atomic E-state index is 9.50. The summed E-state index contributed by atoms with van der Waals surface area (Å²) in [6.07, 6.45) is 4.05. The lowest BCUT2D eigenvalue weighted by Crippen LogP contribution is -2.18. The molecule has 3 heteroatoms. The second kappa shape index (κ2) is 6.28. The summed E-state index contributed by atoms with van der Waals surface area (Å²) in [5.74, 6) is 0. The lowest BCUT2D eigenvalue weighted by molar-refractivity contribution is 0.318. The van der Waals surface area contributed by atoms with Crippen LogP contribution < -0.4 is 0 Å². The molecule has 1 aromatic carbocycles. The first-order valence-corrected chi connectivity index (χ1v) is 7.82. The Labute approximate surface area is 137 Å². The fourth-order valence-electron chi connectivity index (χ4n) is 3.09. The van der Waals surface area contributed by atoms with Crippen molar-refractivity contribution < 1.29 is 0 Å². The minimum atomic E-state index is 0.762. The molecule has 116 valence electrons. The van der Waals surface area contributed by atoms with Crippen molar-refractivity contribution in [3.05, 3.63) is 76.6 Å². The maximum Gasteiger partial charge on any atom is 0.102 e. The minimum Gasteiger partial charge on any atom is -0.322 e. The third kappa shape index (κ3) is 3.13. The molecule has 0 saturated carbocycles. The molecule has 0 N–H and O–H groups in total. The van der Waals surface area contributed by atoms with Crippen LogP contribution >= 0.6 is 0 Å². The zero-order valence-corrected chi connectivity index (χ0v) is 13.9. The minimum absolute atomic E-state index is 0.762. The number of fused-ring (bicyclic) bond motifs is 1. The van der Waals surface area contributed by atoms with Gasteiger partial charge in [0.2, 0.25) is 0 Å². The molecule has 0 radical (unpaired) electrons. The molecule has 3 nitrogen and oxygen atoms in total. The fourth-order valence-corrected chi connectivity index (χ4v) is 3.09. The predicted octanol–water partition coefficient (Wildman–Crippen LogP) is 4.06. The number of nitriles is 1. The molecule has 0 saturated heterocycles. The molecule has 23 heavy (non-hydrogen) atoms. The van der Waals surface area contributed by atoms with Crippen LogP contribution in [0.5, 0.6) is 0 Å². The van der Waals surface area contributed by atoms with E-state index in [9.17, 15) is 5.26 Å². The molecule has 0 spiro atoms. The largest absolute Gasteiger partial charge is 0.322 e. The quantitative estimate of drug-likeness (QED) is 0.728. The zero-order valence-electron chi connectivity index (χ0n) is 13.9. The molecule has 0 bridgehead atoms. The molecule has 0 amide bonds. The Hall–Kier alpha value is -2.57. The molecule has 2 heterocycles. The summed E-state index contributed by atoms with van der Waals surface area (Å²) in [5, 5.41) is 9.50. The van der Waals surface area contributed by atoms with Crippen molar-refractivity contribution in [1.82, 2.24) is 9.30 Å². The highest BCUT2D eigenvalue weighted by Gasteiger charge is 2.12. The Morgan fingerprint density at radius 1 is 1.09 bits per heavy atom. The van der Waals surface area contributed by atoms with Gasteiger partial charge >= 0.3 is 0 Å². The van der Waals surface area contributed by atoms with E-state index in [0.717, 1.165) is 29.7 Å². The first kappa shape index (κ1) is 15.3. The van der Waals surface area contributed by atoms with Gasteiger partial charge in [0, 0.05) is 31.0 Å². The van der Waals surface area contributed by atoms with Gasteiger partial charge in [0.15, 0.2) is 0 Å². The zero-order chi connectivity index (χ0) is 16.4. The van der Waals surface area contributed by atoms with Crippen LogP contribution in [0.2, 0.25) is 0 Å². The van der Waals surface area contributed by atoms with E-state index in [2.05, 4.69) is 56.3 Å². The van der Waals surface area contributed by atoms with Crippen molar-refractivity contribution in [2.45, 2.75) is 26.9 Å². The molecule has 3 rings (SSSR count). The average molecular weight is 303 g/mol. The van der Waals surface area contributed by atoms with E-state index >= 15 is 0 Å². The van der Waals surface area contributed by atoms with Crippen LogP contribution in [0.4, 0.5) is 0 Å². The SMILES string of the molecule is Cc1ccc(CN(C)Cc2cn3ccccc3c2C#N)c(C)c1. The number of nitrogens with zero attached hydrogens (tertiary/aromatic N) is 3. The van der Waals surface area contributed by atoms with E-state index in [0.29, 0.717) is 0 Å². The van der Waals surface area contributed by atoms with Gasteiger partial charge in [0.1, 0.15) is 6.07 Å². The number of rotatable bonds is 4. The van der Waals surface area contributed by atoms with E-state index < -0.39 is 0 Å². The van der Waals surface area contributed by atoms with Crippen LogP contribution in [0, 0.1) is 25.2 Å². The molecule has 0 aliphatic heterocycles. The standard InChI is InChI=1S/C20H21N3/c1-15-7-8-17(16(2)10-15)12-22(3)13-18-14-23-9-5-4-6-20(23)19(18)11-21/h4-10,14H,12-13H2,1-3H3. The van der Waals surface area contributed by atoms with Gasteiger partial charge in [-0.3, -0.25) is 4.90 Å². The van der Waals surface area contributed by atoms with Gasteiger partial charge in [-0.2, -0.15) is 5.26 Å². The Kier molecular flexibility index (Phi) is 4.18. The van der Waals surface area contributed by atoms with E-state index in [1.807, 2.05) is 28.8 Å². The van der Waals surface area contributed by atoms with Crippen LogP contribution in [0.25, 0.3) is 5.52 Å². The summed E-state index contributed by atoms with van der Waals surface area (Å²) in [5.41, 5.74) is 6.77. The van der Waals surface area contributed by atoms with Crippen LogP contribution in [-0.4, -0.2) is 16.3 Å². The molecule has 0 aliphatic rings. The van der Waals surface area contributed by atoms with Crippen molar-refractivity contribution in [1.29, 1.82) is 5.26 Å². The van der Waals surface area contributed by atoms with Gasteiger partial charge in [-0.15, -0.1) is 0 Å². The summed E-state index contributed by atoms with van der Waals surface area (Å²) < 4.78 is 2.03. The topological polar surface area (TPSA) is 31.4 Å². The first-order valence-electron chi connectivity index (χ1n) is 7.82. The van der Waals surface area contributed by atoms with Crippen LogP contribution in [0.15, 0.2) is 48.8 Å². The molecule has 0 unspecified atom stereocenters. The lowest BCUT2D eigenvalue weighted by Gasteiger charge is -2.18. The Morgan fingerprint density at radius 2 is 1.87 bits per heavy atom. The Bertz CT molecular complexity index is 884. The summed E-state index contributed by atoms with van der Waals surface area (Å²) in [7, 11) is 2.10. The predicted molar refractivity (Wildman–Crippen MR) is 93.2 cm³/mol. The fraction of sp³-hybridized carbons (Fsp3) is 0.250. The number of hydrogen-bond acceptors (Lipinski definition) is 2. The highest BCUT2D eigenvalue weighted by Crippen LogP contribution is 2.20. The monoisotopic (exact) mass is 303 g/mol. The highest BCUT2D eigenvalue weighted by atomic mass is 15.1.